The van der Waals surface area contributed by atoms with Crippen molar-refractivity contribution in [1.29, 1.82) is 0 Å². The molecule has 2 aromatic rings. The van der Waals surface area contributed by atoms with Crippen molar-refractivity contribution in [3.05, 3.63) is 58.7 Å². The Hall–Kier alpha value is -3.30. The number of anilines is 1. The summed E-state index contributed by atoms with van der Waals surface area (Å²) in [5, 5.41) is 6.82. The van der Waals surface area contributed by atoms with Crippen molar-refractivity contribution in [3.63, 3.8) is 0 Å². The van der Waals surface area contributed by atoms with Gasteiger partial charge in [0.05, 0.1) is 13.2 Å². The number of nitrogens with one attached hydrogen (secondary N) is 2. The van der Waals surface area contributed by atoms with Gasteiger partial charge in [0, 0.05) is 30.9 Å². The van der Waals surface area contributed by atoms with Crippen LogP contribution in [0.5, 0.6) is 5.75 Å². The Balaban J connectivity index is 1.46. The van der Waals surface area contributed by atoms with Crippen LogP contribution in [0, 0.1) is 12.7 Å². The number of ether oxygens (including phenoxy) is 1. The fraction of sp³-hybridized carbons (Fsp3) is 0.348. The van der Waals surface area contributed by atoms with E-state index in [9.17, 15) is 9.59 Å². The first-order chi connectivity index (χ1) is 15.4. The van der Waals surface area contributed by atoms with E-state index in [1.807, 2.05) is 19.9 Å². The second-order valence-corrected chi connectivity index (χ2v) is 7.70. The van der Waals surface area contributed by atoms with Crippen LogP contribution in [0.4, 0.5) is 10.1 Å². The Morgan fingerprint density at radius 2 is 2.22 bits per heavy atom. The smallest absolute Gasteiger partial charge is 0.269 e. The van der Waals surface area contributed by atoms with Crippen LogP contribution in [0.3, 0.4) is 0 Å². The van der Waals surface area contributed by atoms with Crippen LogP contribution in [0.1, 0.15) is 40.5 Å². The molecule has 0 fully saturated rings. The maximum atomic E-state index is 15.0. The van der Waals surface area contributed by atoms with E-state index >= 15 is 4.39 Å². The fourth-order valence-corrected chi connectivity index (χ4v) is 3.73. The van der Waals surface area contributed by atoms with Gasteiger partial charge in [-0.05, 0) is 36.6 Å². The number of hydrogen-bond donors (Lipinski definition) is 2. The maximum absolute atomic E-state index is 15.0. The van der Waals surface area contributed by atoms with Gasteiger partial charge in [0.25, 0.3) is 11.8 Å². The molecule has 1 aromatic heterocycles. The standard InChI is InChI=1S/C23H25FN4O4/c1-4-18-23(30)27-21-19(32-18)6-5-14(20(21)24)11-28-8-7-15(12-31-28)16-10-26-17(9-13(16)2)22(29)25-3/h5-7,9-10,18H,4,8,11-12H2,1-3H3,(H,25,29)(H,27,30). The molecular weight excluding hydrogens is 415 g/mol. The molecule has 0 saturated carbocycles. The van der Waals surface area contributed by atoms with E-state index in [4.69, 9.17) is 9.57 Å². The number of carbonyl (C=O) groups is 2. The number of benzene rings is 1. The molecule has 0 radical (unpaired) electrons. The van der Waals surface area contributed by atoms with Crippen LogP contribution in [-0.2, 0) is 16.2 Å². The molecule has 8 nitrogen and oxygen atoms in total. The summed E-state index contributed by atoms with van der Waals surface area (Å²) in [6, 6.07) is 5.06. The first-order valence-corrected chi connectivity index (χ1v) is 10.5. The van der Waals surface area contributed by atoms with Crippen molar-refractivity contribution >= 4 is 23.1 Å². The lowest BCUT2D eigenvalue weighted by molar-refractivity contribution is -0.151. The highest BCUT2D eigenvalue weighted by Crippen LogP contribution is 2.35. The van der Waals surface area contributed by atoms with E-state index in [0.29, 0.717) is 36.6 Å². The number of carbonyl (C=O) groups excluding carboxylic acids is 2. The largest absolute Gasteiger partial charge is 0.478 e. The summed E-state index contributed by atoms with van der Waals surface area (Å²) in [4.78, 5) is 33.9. The van der Waals surface area contributed by atoms with Crippen LogP contribution in [0.25, 0.3) is 5.57 Å². The Bertz CT molecular complexity index is 1100. The minimum absolute atomic E-state index is 0.0725. The van der Waals surface area contributed by atoms with Crippen LogP contribution in [-0.4, -0.2) is 48.2 Å². The van der Waals surface area contributed by atoms with Crippen LogP contribution < -0.4 is 15.4 Å². The third-order valence-corrected chi connectivity index (χ3v) is 5.57. The molecule has 0 aliphatic carbocycles. The summed E-state index contributed by atoms with van der Waals surface area (Å²) < 4.78 is 20.6. The van der Waals surface area contributed by atoms with E-state index in [1.54, 1.807) is 36.5 Å². The molecule has 1 unspecified atom stereocenters. The monoisotopic (exact) mass is 440 g/mol. The van der Waals surface area contributed by atoms with Gasteiger partial charge in [-0.3, -0.25) is 19.4 Å². The van der Waals surface area contributed by atoms with E-state index < -0.39 is 11.9 Å². The quantitative estimate of drug-likeness (QED) is 0.743. The van der Waals surface area contributed by atoms with E-state index in [0.717, 1.165) is 16.7 Å². The molecule has 168 valence electrons. The Morgan fingerprint density at radius 3 is 2.88 bits per heavy atom. The second-order valence-electron chi connectivity index (χ2n) is 7.70. The van der Waals surface area contributed by atoms with Crippen molar-refractivity contribution in [2.75, 3.05) is 25.5 Å². The highest BCUT2D eigenvalue weighted by Gasteiger charge is 2.29. The van der Waals surface area contributed by atoms with Gasteiger partial charge in [-0.2, -0.15) is 5.06 Å². The average molecular weight is 440 g/mol. The molecule has 4 rings (SSSR count). The maximum Gasteiger partial charge on any atom is 0.269 e. The van der Waals surface area contributed by atoms with E-state index in [-0.39, 0.29) is 24.0 Å². The Kier molecular flexibility index (Phi) is 6.20. The van der Waals surface area contributed by atoms with Crippen molar-refractivity contribution < 1.29 is 23.6 Å². The number of amides is 2. The number of fused-ring (bicyclic) bond motifs is 1. The zero-order chi connectivity index (χ0) is 22.8. The van der Waals surface area contributed by atoms with Gasteiger partial charge in [0.15, 0.2) is 11.9 Å². The zero-order valence-electron chi connectivity index (χ0n) is 18.2. The molecule has 0 bridgehead atoms. The molecule has 9 heteroatoms. The van der Waals surface area contributed by atoms with Crippen molar-refractivity contribution in [3.8, 4) is 5.75 Å². The summed E-state index contributed by atoms with van der Waals surface area (Å²) in [7, 11) is 1.56. The second kappa shape index (κ2) is 9.05. The van der Waals surface area contributed by atoms with Gasteiger partial charge in [-0.1, -0.05) is 19.1 Å². The summed E-state index contributed by atoms with van der Waals surface area (Å²) in [6.45, 7) is 4.71. The molecule has 2 amide bonds. The third kappa shape index (κ3) is 4.21. The zero-order valence-corrected chi connectivity index (χ0v) is 18.2. The number of aryl methyl sites for hydroxylation is 1. The van der Waals surface area contributed by atoms with Gasteiger partial charge in [0.1, 0.15) is 17.1 Å². The number of hydrogen-bond acceptors (Lipinski definition) is 6. The van der Waals surface area contributed by atoms with Gasteiger partial charge in [-0.15, -0.1) is 0 Å². The van der Waals surface area contributed by atoms with E-state index in [1.165, 1.54) is 0 Å². The molecule has 3 heterocycles. The van der Waals surface area contributed by atoms with Crippen molar-refractivity contribution in [1.82, 2.24) is 15.4 Å². The molecule has 1 aromatic carbocycles. The molecular formula is C23H25FN4O4. The van der Waals surface area contributed by atoms with Gasteiger partial charge < -0.3 is 15.4 Å². The van der Waals surface area contributed by atoms with Gasteiger partial charge in [0.2, 0.25) is 0 Å². The SMILES string of the molecule is CCC1Oc2ccc(CN3CC=C(c4cnc(C(=O)NC)cc4C)CO3)c(F)c2NC1=O. The summed E-state index contributed by atoms with van der Waals surface area (Å²) >= 11 is 0. The Morgan fingerprint density at radius 1 is 1.41 bits per heavy atom. The van der Waals surface area contributed by atoms with Gasteiger partial charge >= 0.3 is 0 Å². The summed E-state index contributed by atoms with van der Waals surface area (Å²) in [5.74, 6) is -0.765. The lowest BCUT2D eigenvalue weighted by Crippen LogP contribution is -2.37. The molecule has 0 spiro atoms. The predicted octanol–water partition coefficient (Wildman–Crippen LogP) is 2.83. The highest BCUT2D eigenvalue weighted by molar-refractivity contribution is 5.98. The lowest BCUT2D eigenvalue weighted by Gasteiger charge is -2.28. The topological polar surface area (TPSA) is 92.8 Å². The highest BCUT2D eigenvalue weighted by atomic mass is 19.1. The molecule has 2 aliphatic rings. The first-order valence-electron chi connectivity index (χ1n) is 10.5. The number of pyridine rings is 1. The van der Waals surface area contributed by atoms with Crippen LogP contribution in [0.2, 0.25) is 0 Å². The van der Waals surface area contributed by atoms with E-state index in [2.05, 4.69) is 15.6 Å². The fourth-order valence-electron chi connectivity index (χ4n) is 3.73. The minimum Gasteiger partial charge on any atom is -0.478 e. The summed E-state index contributed by atoms with van der Waals surface area (Å²) in [6.07, 6.45) is 3.57. The first kappa shape index (κ1) is 21.9. The number of rotatable bonds is 5. The molecule has 2 aliphatic heterocycles. The Labute approximate surface area is 185 Å². The molecule has 32 heavy (non-hydrogen) atoms. The summed E-state index contributed by atoms with van der Waals surface area (Å²) in [5.41, 5.74) is 3.60. The predicted molar refractivity (Wildman–Crippen MR) is 116 cm³/mol. The average Bonchev–Trinajstić information content (AvgIpc) is 2.81. The molecule has 0 saturated heterocycles. The van der Waals surface area contributed by atoms with Crippen molar-refractivity contribution in [2.45, 2.75) is 32.9 Å². The number of hydroxylamine groups is 2. The minimum atomic E-state index is -0.606. The normalized spacial score (nSPS) is 18.3. The van der Waals surface area contributed by atoms with Crippen molar-refractivity contribution in [2.24, 2.45) is 0 Å². The van der Waals surface area contributed by atoms with Gasteiger partial charge in [-0.25, -0.2) is 4.39 Å². The third-order valence-electron chi connectivity index (χ3n) is 5.57. The molecule has 1 atom stereocenters. The van der Waals surface area contributed by atoms with Crippen LogP contribution in [0.15, 0.2) is 30.5 Å². The number of halogens is 1. The molecule has 2 N–H and O–H groups in total. The number of aromatic nitrogens is 1. The number of nitrogens with zero attached hydrogens (tertiary/aromatic N) is 2. The lowest BCUT2D eigenvalue weighted by atomic mass is 10.0. The van der Waals surface area contributed by atoms with Crippen LogP contribution >= 0.6 is 0 Å².